The summed E-state index contributed by atoms with van der Waals surface area (Å²) in [6.07, 6.45) is 0.543. The van der Waals surface area contributed by atoms with Crippen molar-refractivity contribution in [3.8, 4) is 5.75 Å². The maximum atomic E-state index is 13.0. The van der Waals surface area contributed by atoms with Crippen LogP contribution in [0.2, 0.25) is 0 Å². The number of nitrogens with one attached hydrogen (secondary N) is 3. The molecule has 7 N–H and O–H groups in total. The summed E-state index contributed by atoms with van der Waals surface area (Å²) in [5, 5.41) is 7.45. The molecular weight excluding hydrogens is 485 g/mol. The molecule has 0 heterocycles. The van der Waals surface area contributed by atoms with Crippen molar-refractivity contribution >= 4 is 37.4 Å². The van der Waals surface area contributed by atoms with Crippen LogP contribution in [0.25, 0.3) is 0 Å². The van der Waals surface area contributed by atoms with Gasteiger partial charge in [-0.25, -0.2) is 0 Å². The fourth-order valence-corrected chi connectivity index (χ4v) is 3.87. The van der Waals surface area contributed by atoms with Crippen LogP contribution in [0.15, 0.2) is 24.3 Å². The second-order valence-electron chi connectivity index (χ2n) is 8.16. The van der Waals surface area contributed by atoms with Gasteiger partial charge in [-0.15, -0.1) is 0 Å². The number of hydrogen-bond acceptors (Lipinski definition) is 9. The summed E-state index contributed by atoms with van der Waals surface area (Å²) >= 11 is 0. The van der Waals surface area contributed by atoms with Crippen molar-refractivity contribution in [1.82, 2.24) is 16.0 Å². The van der Waals surface area contributed by atoms with Crippen LogP contribution in [0.5, 0.6) is 5.75 Å². The van der Waals surface area contributed by atoms with E-state index in [2.05, 4.69) is 20.5 Å². The Balaban J connectivity index is 2.14. The van der Waals surface area contributed by atoms with Gasteiger partial charge in [0, 0.05) is 13.3 Å². The van der Waals surface area contributed by atoms with E-state index in [1.54, 1.807) is 0 Å². The van der Waals surface area contributed by atoms with Crippen molar-refractivity contribution < 1.29 is 42.8 Å². The molecule has 0 unspecified atom stereocenters. The Morgan fingerprint density at radius 1 is 1.06 bits per heavy atom. The molecule has 5 amide bonds. The molecule has 14 nitrogen and oxygen atoms in total. The van der Waals surface area contributed by atoms with Gasteiger partial charge in [0.25, 0.3) is 0 Å². The summed E-state index contributed by atoms with van der Waals surface area (Å²) < 4.78 is 15.0. The van der Waals surface area contributed by atoms with Crippen LogP contribution in [-0.2, 0) is 35.0 Å². The smallest absolute Gasteiger partial charge is 0.246 e. The van der Waals surface area contributed by atoms with Crippen LogP contribution in [0.3, 0.4) is 0 Å². The van der Waals surface area contributed by atoms with Crippen LogP contribution < -0.4 is 41.7 Å². The minimum atomic E-state index is -5.23. The number of carbonyl (C=O) groups excluding carboxylic acids is 5. The Morgan fingerprint density at radius 3 is 2.09 bits per heavy atom. The number of nitrogens with two attached hydrogens (primary N) is 2. The Bertz CT molecular complexity index is 1040. The first-order valence-corrected chi connectivity index (χ1v) is 11.9. The van der Waals surface area contributed by atoms with E-state index < -0.39 is 61.4 Å². The molecular formula is C20H26N5O9P-2. The summed E-state index contributed by atoms with van der Waals surface area (Å²) in [7, 11) is -5.23. The van der Waals surface area contributed by atoms with E-state index >= 15 is 0 Å². The lowest BCUT2D eigenvalue weighted by atomic mass is 9.75. The van der Waals surface area contributed by atoms with Crippen LogP contribution in [0.1, 0.15) is 38.2 Å². The first-order valence-electron chi connectivity index (χ1n) is 10.5. The molecule has 0 spiro atoms. The number of phosphoric ester groups is 1. The number of amides is 5. The van der Waals surface area contributed by atoms with E-state index in [0.717, 1.165) is 0 Å². The highest BCUT2D eigenvalue weighted by atomic mass is 31.2. The number of hydrogen-bond donors (Lipinski definition) is 5. The molecule has 2 rings (SSSR count). The van der Waals surface area contributed by atoms with E-state index in [4.69, 9.17) is 11.5 Å². The first kappa shape index (κ1) is 27.8. The molecule has 1 aliphatic rings. The SMILES string of the molecule is CC(=O)N[C@@H](Cc1ccc(OP(=O)([O-])[O-])cc1)C(=O)NC1(C(=O)N[C@@H](CC(N)=O)C(N)=O)CCC1. The Morgan fingerprint density at radius 2 is 1.66 bits per heavy atom. The predicted molar refractivity (Wildman–Crippen MR) is 116 cm³/mol. The molecule has 0 radical (unpaired) electrons. The Labute approximate surface area is 200 Å². The zero-order valence-electron chi connectivity index (χ0n) is 18.8. The monoisotopic (exact) mass is 511 g/mol. The third-order valence-electron chi connectivity index (χ3n) is 5.33. The molecule has 1 aromatic carbocycles. The first-order chi connectivity index (χ1) is 16.2. The van der Waals surface area contributed by atoms with E-state index in [-0.39, 0.29) is 25.0 Å². The quantitative estimate of drug-likeness (QED) is 0.177. The van der Waals surface area contributed by atoms with Crippen LogP contribution in [0, 0.1) is 0 Å². The molecule has 1 aromatic rings. The summed E-state index contributed by atoms with van der Waals surface area (Å²) in [5.41, 5.74) is 9.41. The summed E-state index contributed by atoms with van der Waals surface area (Å²) in [6.45, 7) is 1.20. The molecule has 35 heavy (non-hydrogen) atoms. The third-order valence-corrected chi connectivity index (χ3v) is 5.77. The van der Waals surface area contributed by atoms with E-state index in [9.17, 15) is 38.3 Å². The molecule has 0 bridgehead atoms. The van der Waals surface area contributed by atoms with Gasteiger partial charge in [0.15, 0.2) is 0 Å². The van der Waals surface area contributed by atoms with Gasteiger partial charge < -0.3 is 46.3 Å². The lowest BCUT2D eigenvalue weighted by Crippen LogP contribution is -2.67. The summed E-state index contributed by atoms with van der Waals surface area (Å²) in [5.74, 6) is -3.96. The average molecular weight is 511 g/mol. The third kappa shape index (κ3) is 8.35. The zero-order valence-corrected chi connectivity index (χ0v) is 19.7. The van der Waals surface area contributed by atoms with Crippen molar-refractivity contribution in [1.29, 1.82) is 0 Å². The van der Waals surface area contributed by atoms with Crippen LogP contribution in [-0.4, -0.2) is 47.2 Å². The van der Waals surface area contributed by atoms with Crippen LogP contribution in [0.4, 0.5) is 0 Å². The predicted octanol–water partition coefficient (Wildman–Crippen LogP) is -3.17. The van der Waals surface area contributed by atoms with Gasteiger partial charge in [-0.05, 0) is 37.0 Å². The molecule has 0 aromatic heterocycles. The number of primary amides is 2. The lowest BCUT2D eigenvalue weighted by molar-refractivity contribution is -0.333. The molecule has 2 atom stereocenters. The molecule has 1 saturated carbocycles. The highest BCUT2D eigenvalue weighted by molar-refractivity contribution is 7.43. The van der Waals surface area contributed by atoms with Gasteiger partial charge in [-0.3, -0.25) is 24.0 Å². The van der Waals surface area contributed by atoms with Gasteiger partial charge >= 0.3 is 0 Å². The summed E-state index contributed by atoms with van der Waals surface area (Å²) in [4.78, 5) is 81.8. The average Bonchev–Trinajstić information content (AvgIpc) is 2.69. The molecule has 0 saturated heterocycles. The van der Waals surface area contributed by atoms with Gasteiger partial charge in [0.2, 0.25) is 29.5 Å². The molecule has 0 aliphatic heterocycles. The van der Waals surface area contributed by atoms with Crippen molar-refractivity contribution in [2.75, 3.05) is 0 Å². The highest BCUT2D eigenvalue weighted by Crippen LogP contribution is 2.33. The molecule has 1 aliphatic carbocycles. The maximum Gasteiger partial charge on any atom is 0.246 e. The number of benzene rings is 1. The highest BCUT2D eigenvalue weighted by Gasteiger charge is 2.47. The van der Waals surface area contributed by atoms with Crippen molar-refractivity contribution in [2.45, 2.75) is 56.7 Å². The maximum absolute atomic E-state index is 13.0. The van der Waals surface area contributed by atoms with Gasteiger partial charge in [0.05, 0.1) is 6.42 Å². The number of carbonyl (C=O) groups is 5. The molecule has 15 heteroatoms. The second-order valence-corrected chi connectivity index (χ2v) is 9.24. The van der Waals surface area contributed by atoms with Crippen LogP contribution >= 0.6 is 7.82 Å². The fraction of sp³-hybridized carbons (Fsp3) is 0.450. The normalized spacial score (nSPS) is 16.1. The van der Waals surface area contributed by atoms with E-state index in [0.29, 0.717) is 12.0 Å². The van der Waals surface area contributed by atoms with Crippen molar-refractivity contribution in [3.63, 3.8) is 0 Å². The van der Waals surface area contributed by atoms with Crippen molar-refractivity contribution in [3.05, 3.63) is 29.8 Å². The van der Waals surface area contributed by atoms with E-state index in [1.807, 2.05) is 0 Å². The molecule has 192 valence electrons. The van der Waals surface area contributed by atoms with Gasteiger partial charge in [-0.2, -0.15) is 0 Å². The number of rotatable bonds is 12. The summed E-state index contributed by atoms with van der Waals surface area (Å²) in [6, 6.07) is 2.77. The zero-order chi connectivity index (χ0) is 26.4. The topological polar surface area (TPSA) is 246 Å². The van der Waals surface area contributed by atoms with Crippen molar-refractivity contribution in [2.24, 2.45) is 11.5 Å². The Hall–Kier alpha value is -3.48. The second kappa shape index (κ2) is 11.3. The lowest BCUT2D eigenvalue weighted by Gasteiger charge is -2.42. The minimum Gasteiger partial charge on any atom is -0.780 e. The number of phosphoric acid groups is 1. The van der Waals surface area contributed by atoms with Gasteiger partial charge in [0.1, 0.15) is 31.2 Å². The molecule has 1 fully saturated rings. The fourth-order valence-electron chi connectivity index (χ4n) is 3.49. The van der Waals surface area contributed by atoms with Gasteiger partial charge in [-0.1, -0.05) is 12.1 Å². The largest absolute Gasteiger partial charge is 0.780 e. The standard InChI is InChI=1S/C20H28N5O9P/c1-11(26)23-15(9-12-3-5-13(6-4-12)34-35(31,32)33)18(29)25-20(7-2-8-20)19(30)24-14(17(22)28)10-16(21)27/h3-6,14-15H,2,7-10H2,1H3,(H2,21,27)(H2,22,28)(H,23,26)(H,24,30)(H,25,29)(H2,31,32,33)/p-2/t14-,15-/m0/s1. The van der Waals surface area contributed by atoms with E-state index in [1.165, 1.54) is 31.2 Å². The Kier molecular flexibility index (Phi) is 8.96. The minimum absolute atomic E-state index is 0.0403.